The van der Waals surface area contributed by atoms with Crippen molar-refractivity contribution in [2.24, 2.45) is 0 Å². The molecule has 116 valence electrons. The van der Waals surface area contributed by atoms with Gasteiger partial charge in [-0.2, -0.15) is 0 Å². The maximum Gasteiger partial charge on any atom is 0.123 e. The Bertz CT molecular complexity index is 661. The lowest BCUT2D eigenvalue weighted by atomic mass is 9.99. The summed E-state index contributed by atoms with van der Waals surface area (Å²) in [4.78, 5) is 2.07. The predicted octanol–water partition coefficient (Wildman–Crippen LogP) is 2.84. The number of nitrogens with zero attached hydrogens (tertiary/aromatic N) is 1. The fourth-order valence-corrected chi connectivity index (χ4v) is 3.32. The zero-order chi connectivity index (χ0) is 15.7. The minimum atomic E-state index is -0.972. The molecule has 0 fully saturated rings. The van der Waals surface area contributed by atoms with Gasteiger partial charge < -0.3 is 15.1 Å². The Labute approximate surface area is 129 Å². The van der Waals surface area contributed by atoms with Crippen LogP contribution in [0.2, 0.25) is 0 Å². The molecule has 0 amide bonds. The number of benzene rings is 2. The molecular formula is C18H20FNO2. The normalized spacial score (nSPS) is 19.8. The van der Waals surface area contributed by atoms with Crippen LogP contribution in [0.4, 0.5) is 10.1 Å². The van der Waals surface area contributed by atoms with Crippen molar-refractivity contribution in [1.82, 2.24) is 0 Å². The Morgan fingerprint density at radius 3 is 2.73 bits per heavy atom. The smallest absolute Gasteiger partial charge is 0.123 e. The van der Waals surface area contributed by atoms with Crippen LogP contribution >= 0.6 is 0 Å². The van der Waals surface area contributed by atoms with Gasteiger partial charge in [-0.25, -0.2) is 4.39 Å². The second-order valence-corrected chi connectivity index (χ2v) is 5.86. The van der Waals surface area contributed by atoms with E-state index in [4.69, 9.17) is 0 Å². The third-order valence-electron chi connectivity index (χ3n) is 4.33. The Kier molecular flexibility index (Phi) is 4.14. The van der Waals surface area contributed by atoms with Crippen molar-refractivity contribution in [3.05, 3.63) is 65.5 Å². The molecular weight excluding hydrogens is 281 g/mol. The molecule has 4 heteroatoms. The van der Waals surface area contributed by atoms with Gasteiger partial charge >= 0.3 is 0 Å². The van der Waals surface area contributed by atoms with Crippen molar-refractivity contribution in [2.45, 2.75) is 25.0 Å². The molecule has 0 aromatic heterocycles. The van der Waals surface area contributed by atoms with Crippen LogP contribution in [0.15, 0.2) is 48.5 Å². The van der Waals surface area contributed by atoms with Crippen molar-refractivity contribution in [3.8, 4) is 0 Å². The minimum absolute atomic E-state index is 0.332. The number of para-hydroxylation sites is 1. The Morgan fingerprint density at radius 1 is 1.23 bits per heavy atom. The van der Waals surface area contributed by atoms with Crippen LogP contribution < -0.4 is 4.90 Å². The molecule has 3 rings (SSSR count). The molecule has 1 unspecified atom stereocenters. The standard InChI is InChI=1S/C18H20FNO2/c1-12-10-20(16-8-3-2-7-15(12)16)18(17(22)11-21)13-5-4-6-14(19)9-13/h2-9,12,17-18,21-22H,10-11H2,1H3/t12?,17-,18+/m1/s1. The molecule has 1 heterocycles. The lowest BCUT2D eigenvalue weighted by molar-refractivity contribution is 0.0714. The van der Waals surface area contributed by atoms with E-state index in [1.807, 2.05) is 18.2 Å². The van der Waals surface area contributed by atoms with E-state index in [1.165, 1.54) is 17.7 Å². The molecule has 0 saturated heterocycles. The van der Waals surface area contributed by atoms with E-state index >= 15 is 0 Å². The summed E-state index contributed by atoms with van der Waals surface area (Å²) in [6.07, 6.45) is -0.972. The topological polar surface area (TPSA) is 43.7 Å². The molecule has 2 aromatic carbocycles. The van der Waals surface area contributed by atoms with E-state index in [9.17, 15) is 14.6 Å². The molecule has 3 nitrogen and oxygen atoms in total. The maximum absolute atomic E-state index is 13.6. The van der Waals surface area contributed by atoms with E-state index in [0.29, 0.717) is 11.5 Å². The zero-order valence-electron chi connectivity index (χ0n) is 12.5. The molecule has 0 aliphatic carbocycles. The van der Waals surface area contributed by atoms with Crippen LogP contribution in [-0.2, 0) is 0 Å². The molecule has 2 N–H and O–H groups in total. The second kappa shape index (κ2) is 6.07. The van der Waals surface area contributed by atoms with Gasteiger partial charge in [0.1, 0.15) is 11.9 Å². The lowest BCUT2D eigenvalue weighted by Gasteiger charge is -2.34. The van der Waals surface area contributed by atoms with Crippen LogP contribution in [0.1, 0.15) is 30.0 Å². The molecule has 0 spiro atoms. The van der Waals surface area contributed by atoms with Crippen LogP contribution in [0.25, 0.3) is 0 Å². The number of rotatable bonds is 4. The van der Waals surface area contributed by atoms with E-state index in [1.54, 1.807) is 12.1 Å². The number of hydrogen-bond acceptors (Lipinski definition) is 3. The van der Waals surface area contributed by atoms with Gasteiger partial charge in [0.2, 0.25) is 0 Å². The highest BCUT2D eigenvalue weighted by atomic mass is 19.1. The average molecular weight is 301 g/mol. The van der Waals surface area contributed by atoms with Crippen LogP contribution in [0, 0.1) is 5.82 Å². The second-order valence-electron chi connectivity index (χ2n) is 5.86. The molecule has 1 aliphatic heterocycles. The molecule has 3 atom stereocenters. The summed E-state index contributed by atoms with van der Waals surface area (Å²) in [5, 5.41) is 19.8. The zero-order valence-corrected chi connectivity index (χ0v) is 12.5. The number of hydrogen-bond donors (Lipinski definition) is 2. The summed E-state index contributed by atoms with van der Waals surface area (Å²) < 4.78 is 13.6. The van der Waals surface area contributed by atoms with Gasteiger partial charge in [-0.1, -0.05) is 37.3 Å². The van der Waals surface area contributed by atoms with Gasteiger partial charge in [-0.05, 0) is 29.3 Å². The van der Waals surface area contributed by atoms with Gasteiger partial charge in [-0.15, -0.1) is 0 Å². The third-order valence-corrected chi connectivity index (χ3v) is 4.33. The molecule has 2 aromatic rings. The predicted molar refractivity (Wildman–Crippen MR) is 84.4 cm³/mol. The van der Waals surface area contributed by atoms with Gasteiger partial charge in [0.25, 0.3) is 0 Å². The molecule has 1 aliphatic rings. The van der Waals surface area contributed by atoms with Crippen LogP contribution in [0.3, 0.4) is 0 Å². The third kappa shape index (κ3) is 2.60. The van der Waals surface area contributed by atoms with Gasteiger partial charge in [0, 0.05) is 18.2 Å². The first-order valence-electron chi connectivity index (χ1n) is 7.51. The number of fused-ring (bicyclic) bond motifs is 1. The monoisotopic (exact) mass is 301 g/mol. The number of halogens is 1. The fraction of sp³-hybridized carbons (Fsp3) is 0.333. The van der Waals surface area contributed by atoms with Crippen molar-refractivity contribution in [3.63, 3.8) is 0 Å². The van der Waals surface area contributed by atoms with E-state index in [0.717, 1.165) is 12.2 Å². The Hall–Kier alpha value is -1.91. The van der Waals surface area contributed by atoms with Crippen molar-refractivity contribution < 1.29 is 14.6 Å². The first kappa shape index (κ1) is 15.0. The summed E-state index contributed by atoms with van der Waals surface area (Å²) in [6.45, 7) is 2.50. The summed E-state index contributed by atoms with van der Waals surface area (Å²) in [5.74, 6) is -0.00803. The highest BCUT2D eigenvalue weighted by Gasteiger charge is 2.34. The summed E-state index contributed by atoms with van der Waals surface area (Å²) in [6, 6.07) is 13.8. The highest BCUT2D eigenvalue weighted by molar-refractivity contribution is 5.61. The first-order valence-corrected chi connectivity index (χ1v) is 7.51. The number of aliphatic hydroxyl groups excluding tert-OH is 2. The van der Waals surface area contributed by atoms with Crippen LogP contribution in [0.5, 0.6) is 0 Å². The first-order chi connectivity index (χ1) is 10.6. The maximum atomic E-state index is 13.6. The molecule has 0 radical (unpaired) electrons. The quantitative estimate of drug-likeness (QED) is 0.912. The van der Waals surface area contributed by atoms with Gasteiger partial charge in [-0.3, -0.25) is 0 Å². The van der Waals surface area contributed by atoms with Gasteiger partial charge in [0.05, 0.1) is 12.6 Å². The molecule has 22 heavy (non-hydrogen) atoms. The summed E-state index contributed by atoms with van der Waals surface area (Å²) >= 11 is 0. The number of aliphatic hydroxyl groups is 2. The Balaban J connectivity index is 2.05. The highest BCUT2D eigenvalue weighted by Crippen LogP contribution is 2.41. The summed E-state index contributed by atoms with van der Waals surface area (Å²) in [5.41, 5.74) is 2.93. The summed E-state index contributed by atoms with van der Waals surface area (Å²) in [7, 11) is 0. The van der Waals surface area contributed by atoms with E-state index < -0.39 is 12.1 Å². The number of anilines is 1. The van der Waals surface area contributed by atoms with Crippen molar-refractivity contribution >= 4 is 5.69 Å². The largest absolute Gasteiger partial charge is 0.394 e. The van der Waals surface area contributed by atoms with Crippen LogP contribution in [-0.4, -0.2) is 29.5 Å². The molecule has 0 saturated carbocycles. The SMILES string of the molecule is CC1CN([C@@H](c2cccc(F)c2)[C@H](O)CO)c2ccccc21. The fourth-order valence-electron chi connectivity index (χ4n) is 3.32. The van der Waals surface area contributed by atoms with Gasteiger partial charge in [0.15, 0.2) is 0 Å². The van der Waals surface area contributed by atoms with Crippen molar-refractivity contribution in [2.75, 3.05) is 18.1 Å². The lowest BCUT2D eigenvalue weighted by Crippen LogP contribution is -2.37. The molecule has 0 bridgehead atoms. The van der Waals surface area contributed by atoms with E-state index in [2.05, 4.69) is 17.9 Å². The van der Waals surface area contributed by atoms with Crippen molar-refractivity contribution in [1.29, 1.82) is 0 Å². The minimum Gasteiger partial charge on any atom is -0.394 e. The Morgan fingerprint density at radius 2 is 2.00 bits per heavy atom. The average Bonchev–Trinajstić information content (AvgIpc) is 2.85. The van der Waals surface area contributed by atoms with E-state index in [-0.39, 0.29) is 12.4 Å².